The van der Waals surface area contributed by atoms with Crippen LogP contribution in [0.2, 0.25) is 0 Å². The molecule has 60 heavy (non-hydrogen) atoms. The van der Waals surface area contributed by atoms with Gasteiger partial charge in [0.05, 0.1) is 23.0 Å². The van der Waals surface area contributed by atoms with Gasteiger partial charge in [-0.05, 0) is 132 Å². The van der Waals surface area contributed by atoms with Gasteiger partial charge in [-0.1, -0.05) is 46.6 Å². The molecule has 6 N–H and O–H groups in total. The molecule has 2 aliphatic rings. The van der Waals surface area contributed by atoms with E-state index in [0.29, 0.717) is 82.9 Å². The fourth-order valence-electron chi connectivity index (χ4n) is 8.76. The lowest BCUT2D eigenvalue weighted by Gasteiger charge is -2.40. The van der Waals surface area contributed by atoms with Crippen LogP contribution in [0.5, 0.6) is 34.8 Å². The molecule has 0 saturated heterocycles. The maximum Gasteiger partial charge on any atom is 0.199 e. The summed E-state index contributed by atoms with van der Waals surface area (Å²) in [6.45, 7) is 17.5. The van der Waals surface area contributed by atoms with E-state index in [4.69, 9.17) is 9.47 Å². The van der Waals surface area contributed by atoms with E-state index < -0.39 is 23.4 Å². The summed E-state index contributed by atoms with van der Waals surface area (Å²) in [5.74, 6) is 1.03. The number of unbranched alkanes of at least 4 members (excludes halogenated alkanes) is 1. The number of hydrogen-bond acceptors (Lipinski definition) is 8. The average Bonchev–Trinajstić information content (AvgIpc) is 3.66. The molecule has 4 heterocycles. The fourth-order valence-corrected chi connectivity index (χ4v) is 8.76. The van der Waals surface area contributed by atoms with Crippen molar-refractivity contribution in [2.75, 3.05) is 0 Å². The molecule has 326 valence electrons. The van der Waals surface area contributed by atoms with Crippen molar-refractivity contribution in [1.29, 1.82) is 0 Å². The molecule has 2 aromatic heterocycles. The van der Waals surface area contributed by atoms with Crippen LogP contribution in [-0.4, -0.2) is 63.2 Å². The lowest BCUT2D eigenvalue weighted by atomic mass is 9.84. The minimum atomic E-state index is -0.870. The van der Waals surface area contributed by atoms with Crippen molar-refractivity contribution in [3.63, 3.8) is 0 Å². The number of aliphatic hydroxyl groups is 2. The summed E-state index contributed by atoms with van der Waals surface area (Å²) >= 11 is 0. The molecule has 4 atom stereocenters. The topological polar surface area (TPSA) is 150 Å². The number of phenols is 2. The van der Waals surface area contributed by atoms with E-state index in [1.54, 1.807) is 21.3 Å². The van der Waals surface area contributed by atoms with E-state index in [9.17, 15) is 30.6 Å². The number of hydrogen-bond donors (Lipinski definition) is 6. The third-order valence-electron chi connectivity index (χ3n) is 12.8. The molecule has 0 saturated carbocycles. The van der Waals surface area contributed by atoms with E-state index in [2.05, 4.69) is 65.8 Å². The second kappa shape index (κ2) is 18.4. The smallest absolute Gasteiger partial charge is 0.199 e. The van der Waals surface area contributed by atoms with Crippen LogP contribution in [0, 0.1) is 0 Å². The number of aryl methyl sites for hydroxylation is 2. The first-order valence-electron chi connectivity index (χ1n) is 21.9. The Morgan fingerprint density at radius 1 is 0.600 bits per heavy atom. The Hall–Kier alpha value is -4.80. The summed E-state index contributed by atoms with van der Waals surface area (Å²) < 4.78 is 16.7. The first-order valence-corrected chi connectivity index (χ1v) is 21.9. The molecule has 6 rings (SSSR count). The van der Waals surface area contributed by atoms with Crippen molar-refractivity contribution in [1.82, 2.24) is 9.13 Å². The van der Waals surface area contributed by atoms with E-state index in [0.717, 1.165) is 38.5 Å². The van der Waals surface area contributed by atoms with Crippen LogP contribution >= 0.6 is 0 Å². The van der Waals surface area contributed by atoms with E-state index in [1.165, 1.54) is 22.3 Å². The number of fused-ring (bicyclic) bond motifs is 6. The molecule has 0 bridgehead atoms. The van der Waals surface area contributed by atoms with E-state index in [-0.39, 0.29) is 36.1 Å². The predicted octanol–water partition coefficient (Wildman–Crippen LogP) is 11.0. The first kappa shape index (κ1) is 44.7. The van der Waals surface area contributed by atoms with Crippen LogP contribution in [-0.2, 0) is 25.9 Å². The zero-order valence-electron chi connectivity index (χ0n) is 37.1. The number of allylic oxidation sites excluding steroid dienone is 8. The van der Waals surface area contributed by atoms with Crippen molar-refractivity contribution in [2.45, 2.75) is 169 Å². The van der Waals surface area contributed by atoms with Gasteiger partial charge in [0.2, 0.25) is 0 Å². The lowest BCUT2D eigenvalue weighted by molar-refractivity contribution is -0.0581. The molecular weight excluding hydrogens is 757 g/mol. The highest BCUT2D eigenvalue weighted by atomic mass is 16.5. The summed E-state index contributed by atoms with van der Waals surface area (Å²) in [5, 5.41) is 69.5. The molecule has 0 unspecified atom stereocenters. The Bertz CT molecular complexity index is 2150. The van der Waals surface area contributed by atoms with Gasteiger partial charge < -0.3 is 49.2 Å². The Kier molecular flexibility index (Phi) is 13.8. The minimum Gasteiger partial charge on any atom is -0.508 e. The molecule has 0 radical (unpaired) electrons. The number of benzene rings is 2. The maximum atomic E-state index is 11.3. The SMILES string of the molecule is CC(C)=CCCC(C)=CCC[C@]1(C)Oc2c(c(O)cc3c(O)n(CCCCn4cc5c6c(c(O)cc5c4O)C[C@H](O)[C@](C)(CCC=C(C)CCC=C(C)C)O6)cc23)C[C@@H]1O. The third kappa shape index (κ3) is 9.71. The van der Waals surface area contributed by atoms with Gasteiger partial charge in [-0.25, -0.2) is 0 Å². The number of rotatable bonds is 17. The van der Waals surface area contributed by atoms with Gasteiger partial charge in [0, 0.05) is 60.2 Å². The molecule has 4 aromatic rings. The van der Waals surface area contributed by atoms with Crippen molar-refractivity contribution in [2.24, 2.45) is 0 Å². The number of nitrogens with zero attached hydrogens (tertiary/aromatic N) is 2. The highest BCUT2D eigenvalue weighted by molar-refractivity contribution is 5.96. The molecule has 2 aliphatic heterocycles. The second-order valence-corrected chi connectivity index (χ2v) is 18.4. The molecular formula is C50H68N2O8. The Morgan fingerprint density at radius 2 is 0.983 bits per heavy atom. The van der Waals surface area contributed by atoms with Gasteiger partial charge >= 0.3 is 0 Å². The highest BCUT2D eigenvalue weighted by Crippen LogP contribution is 2.49. The Balaban J connectivity index is 1.12. The Morgan fingerprint density at radius 3 is 1.35 bits per heavy atom. The minimum absolute atomic E-state index is 0.0125. The Labute approximate surface area is 355 Å². The van der Waals surface area contributed by atoms with Crippen molar-refractivity contribution >= 4 is 21.5 Å². The molecule has 0 amide bonds. The highest BCUT2D eigenvalue weighted by Gasteiger charge is 2.43. The summed E-state index contributed by atoms with van der Waals surface area (Å²) in [5.41, 5.74) is 4.57. The predicted molar refractivity (Wildman–Crippen MR) is 241 cm³/mol. The number of aromatic nitrogens is 2. The zero-order valence-corrected chi connectivity index (χ0v) is 37.1. The molecule has 10 heteroatoms. The van der Waals surface area contributed by atoms with Crippen molar-refractivity contribution < 1.29 is 40.1 Å². The molecule has 0 fully saturated rings. The summed E-state index contributed by atoms with van der Waals surface area (Å²) in [6, 6.07) is 3.10. The van der Waals surface area contributed by atoms with Crippen molar-refractivity contribution in [3.8, 4) is 34.8 Å². The van der Waals surface area contributed by atoms with Gasteiger partial charge in [0.15, 0.2) is 11.8 Å². The second-order valence-electron chi connectivity index (χ2n) is 18.4. The van der Waals surface area contributed by atoms with Gasteiger partial charge in [-0.2, -0.15) is 0 Å². The molecule has 0 aliphatic carbocycles. The van der Waals surface area contributed by atoms with Gasteiger partial charge in [-0.3, -0.25) is 0 Å². The summed E-state index contributed by atoms with van der Waals surface area (Å²) in [7, 11) is 0. The fraction of sp³-hybridized carbons (Fsp3) is 0.520. The largest absolute Gasteiger partial charge is 0.508 e. The van der Waals surface area contributed by atoms with Crippen molar-refractivity contribution in [3.05, 3.63) is 82.2 Å². The van der Waals surface area contributed by atoms with E-state index in [1.807, 2.05) is 26.2 Å². The third-order valence-corrected chi connectivity index (χ3v) is 12.8. The van der Waals surface area contributed by atoms with Gasteiger partial charge in [0.25, 0.3) is 0 Å². The van der Waals surface area contributed by atoms with Gasteiger partial charge in [0.1, 0.15) is 34.2 Å². The number of phenolic OH excluding ortho intramolecular Hbond substituents is 2. The maximum absolute atomic E-state index is 11.3. The standard InChI is InChI=1S/C50H68N2O8/c1-31(2)15-11-17-33(5)19-13-21-49(7)43(55)27-37-41(53)25-35-39(45(37)59-49)29-51(47(35)57)23-9-10-24-52-30-40-36(48(52)58)26-42(54)38-28-44(56)50(8,60-46(38)40)22-14-20-34(6)18-12-16-32(3)4/h15-16,19-20,25-26,29-30,43-44,53-58H,9-14,17-18,21-24,27-28H2,1-8H3/t43-,44-,49-,50-/m0/s1. The zero-order chi connectivity index (χ0) is 43.5. The summed E-state index contributed by atoms with van der Waals surface area (Å²) in [4.78, 5) is 0. The first-order chi connectivity index (χ1) is 28.4. The molecule has 10 nitrogen and oxygen atoms in total. The molecule has 2 aromatic carbocycles. The van der Waals surface area contributed by atoms with Crippen LogP contribution in [0.1, 0.15) is 131 Å². The van der Waals surface area contributed by atoms with Crippen LogP contribution in [0.25, 0.3) is 21.5 Å². The van der Waals surface area contributed by atoms with Crippen LogP contribution in [0.3, 0.4) is 0 Å². The van der Waals surface area contributed by atoms with Crippen LogP contribution in [0.4, 0.5) is 0 Å². The summed E-state index contributed by atoms with van der Waals surface area (Å²) in [6.07, 6.45) is 19.5. The quantitative estimate of drug-likeness (QED) is 0.0455. The normalized spacial score (nSPS) is 21.7. The van der Waals surface area contributed by atoms with Crippen LogP contribution in [0.15, 0.2) is 71.1 Å². The van der Waals surface area contributed by atoms with Crippen LogP contribution < -0.4 is 9.47 Å². The molecule has 0 spiro atoms. The number of ether oxygens (including phenoxy) is 2. The number of aromatic hydroxyl groups is 4. The monoisotopic (exact) mass is 824 g/mol. The average molecular weight is 825 g/mol. The lowest BCUT2D eigenvalue weighted by Crippen LogP contribution is -2.48. The van der Waals surface area contributed by atoms with E-state index >= 15 is 0 Å². The number of aliphatic hydroxyl groups excluding tert-OH is 2. The van der Waals surface area contributed by atoms with Gasteiger partial charge in [-0.15, -0.1) is 0 Å².